The van der Waals surface area contributed by atoms with Gasteiger partial charge in [0.1, 0.15) is 0 Å². The van der Waals surface area contributed by atoms with Crippen LogP contribution in [0.25, 0.3) is 0 Å². The summed E-state index contributed by atoms with van der Waals surface area (Å²) in [5, 5.41) is 0. The van der Waals surface area contributed by atoms with Crippen molar-refractivity contribution < 1.29 is 0 Å². The minimum atomic E-state index is 0.878. The summed E-state index contributed by atoms with van der Waals surface area (Å²) in [4.78, 5) is 2.44. The second-order valence-corrected chi connectivity index (χ2v) is 5.96. The first-order valence-electron chi connectivity index (χ1n) is 6.99. The fraction of sp³-hybridized carbons (Fsp3) is 0.294. The molecule has 0 bridgehead atoms. The maximum Gasteiger partial charge on any atom is 0.0359 e. The molecular formula is C17H21BrN2. The summed E-state index contributed by atoms with van der Waals surface area (Å²) in [6, 6.07) is 16.6. The van der Waals surface area contributed by atoms with Gasteiger partial charge in [-0.1, -0.05) is 53.2 Å². The van der Waals surface area contributed by atoms with Gasteiger partial charge in [-0.25, -0.2) is 0 Å². The van der Waals surface area contributed by atoms with Gasteiger partial charge in [-0.05, 0) is 42.3 Å². The number of anilines is 1. The third-order valence-corrected chi connectivity index (χ3v) is 3.78. The average molecular weight is 333 g/mol. The molecule has 0 saturated carbocycles. The van der Waals surface area contributed by atoms with Crippen molar-refractivity contribution in [2.45, 2.75) is 26.4 Å². The summed E-state index contributed by atoms with van der Waals surface area (Å²) in [5.74, 6) is 0. The van der Waals surface area contributed by atoms with Crippen LogP contribution in [-0.2, 0) is 13.1 Å². The average Bonchev–Trinajstić information content (AvgIpc) is 2.42. The van der Waals surface area contributed by atoms with Gasteiger partial charge in [0, 0.05) is 23.2 Å². The highest BCUT2D eigenvalue weighted by atomic mass is 79.9. The van der Waals surface area contributed by atoms with Crippen LogP contribution in [0, 0.1) is 0 Å². The highest BCUT2D eigenvalue weighted by molar-refractivity contribution is 9.10. The molecule has 3 heteroatoms. The van der Waals surface area contributed by atoms with Crippen LogP contribution in [0.15, 0.2) is 53.0 Å². The van der Waals surface area contributed by atoms with Gasteiger partial charge in [-0.2, -0.15) is 0 Å². The van der Waals surface area contributed by atoms with E-state index in [1.54, 1.807) is 0 Å². The predicted octanol–water partition coefficient (Wildman–Crippen LogP) is 4.44. The molecule has 0 saturated heterocycles. The van der Waals surface area contributed by atoms with Crippen molar-refractivity contribution in [2.24, 2.45) is 0 Å². The molecule has 0 aliphatic heterocycles. The number of nitrogen functional groups attached to an aromatic ring is 1. The first-order valence-corrected chi connectivity index (χ1v) is 7.78. The maximum atomic E-state index is 6.05. The second-order valence-electron chi connectivity index (χ2n) is 5.04. The van der Waals surface area contributed by atoms with E-state index >= 15 is 0 Å². The molecule has 2 aromatic rings. The lowest BCUT2D eigenvalue weighted by atomic mass is 10.1. The van der Waals surface area contributed by atoms with Crippen molar-refractivity contribution in [3.05, 3.63) is 64.1 Å². The SMILES string of the molecule is CCCN(Cc1cccc(Br)c1)Cc1ccccc1N. The number of hydrogen-bond donors (Lipinski definition) is 1. The summed E-state index contributed by atoms with van der Waals surface area (Å²) in [7, 11) is 0. The van der Waals surface area contributed by atoms with Gasteiger partial charge in [-0.15, -0.1) is 0 Å². The van der Waals surface area contributed by atoms with E-state index < -0.39 is 0 Å². The number of nitrogens with two attached hydrogens (primary N) is 1. The van der Waals surface area contributed by atoms with Crippen LogP contribution in [0.3, 0.4) is 0 Å². The van der Waals surface area contributed by atoms with Gasteiger partial charge in [0.15, 0.2) is 0 Å². The summed E-state index contributed by atoms with van der Waals surface area (Å²) < 4.78 is 1.13. The molecule has 0 heterocycles. The smallest absolute Gasteiger partial charge is 0.0359 e. The Bertz CT molecular complexity index is 554. The fourth-order valence-electron chi connectivity index (χ4n) is 2.34. The molecule has 2 aromatic carbocycles. The van der Waals surface area contributed by atoms with Crippen molar-refractivity contribution >= 4 is 21.6 Å². The molecule has 0 amide bonds. The molecule has 0 aromatic heterocycles. The van der Waals surface area contributed by atoms with Crippen molar-refractivity contribution in [3.8, 4) is 0 Å². The monoisotopic (exact) mass is 332 g/mol. The fourth-order valence-corrected chi connectivity index (χ4v) is 2.79. The lowest BCUT2D eigenvalue weighted by molar-refractivity contribution is 0.257. The lowest BCUT2D eigenvalue weighted by Gasteiger charge is -2.22. The minimum absolute atomic E-state index is 0.878. The third kappa shape index (κ3) is 4.36. The van der Waals surface area contributed by atoms with Crippen molar-refractivity contribution in [1.29, 1.82) is 0 Å². The molecular weight excluding hydrogens is 312 g/mol. The Morgan fingerprint density at radius 3 is 2.55 bits per heavy atom. The molecule has 0 aliphatic carbocycles. The predicted molar refractivity (Wildman–Crippen MR) is 89.4 cm³/mol. The van der Waals surface area contributed by atoms with Gasteiger partial charge >= 0.3 is 0 Å². The van der Waals surface area contributed by atoms with Crippen molar-refractivity contribution in [3.63, 3.8) is 0 Å². The number of nitrogens with zero attached hydrogens (tertiary/aromatic N) is 1. The number of hydrogen-bond acceptors (Lipinski definition) is 2. The van der Waals surface area contributed by atoms with E-state index in [0.29, 0.717) is 0 Å². The van der Waals surface area contributed by atoms with E-state index in [2.05, 4.69) is 64.2 Å². The van der Waals surface area contributed by atoms with Crippen molar-refractivity contribution in [1.82, 2.24) is 4.90 Å². The first-order chi connectivity index (χ1) is 9.69. The van der Waals surface area contributed by atoms with Crippen LogP contribution in [0.4, 0.5) is 5.69 Å². The second kappa shape index (κ2) is 7.46. The minimum Gasteiger partial charge on any atom is -0.398 e. The molecule has 0 fully saturated rings. The number of para-hydroxylation sites is 1. The van der Waals surface area contributed by atoms with Gasteiger partial charge < -0.3 is 5.73 Å². The Morgan fingerprint density at radius 1 is 1.05 bits per heavy atom. The highest BCUT2D eigenvalue weighted by Gasteiger charge is 2.08. The van der Waals surface area contributed by atoms with Crippen LogP contribution >= 0.6 is 15.9 Å². The van der Waals surface area contributed by atoms with E-state index in [4.69, 9.17) is 5.73 Å². The molecule has 20 heavy (non-hydrogen) atoms. The standard InChI is InChI=1S/C17H21BrN2/c1-2-10-20(12-14-6-5-8-16(18)11-14)13-15-7-3-4-9-17(15)19/h3-9,11H,2,10,12-13,19H2,1H3. The highest BCUT2D eigenvalue weighted by Crippen LogP contribution is 2.17. The van der Waals surface area contributed by atoms with Gasteiger partial charge in [0.25, 0.3) is 0 Å². The van der Waals surface area contributed by atoms with Gasteiger partial charge in [-0.3, -0.25) is 4.90 Å². The van der Waals surface area contributed by atoms with E-state index in [0.717, 1.165) is 36.2 Å². The van der Waals surface area contributed by atoms with E-state index in [1.165, 1.54) is 11.1 Å². The molecule has 2 N–H and O–H groups in total. The number of halogens is 1. The summed E-state index contributed by atoms with van der Waals surface area (Å²) in [5.41, 5.74) is 9.45. The molecule has 0 atom stereocenters. The Hall–Kier alpha value is -1.32. The molecule has 0 spiro atoms. The van der Waals surface area contributed by atoms with Crippen LogP contribution in [0.2, 0.25) is 0 Å². The molecule has 0 unspecified atom stereocenters. The van der Waals surface area contributed by atoms with E-state index in [9.17, 15) is 0 Å². The van der Waals surface area contributed by atoms with E-state index in [1.807, 2.05) is 12.1 Å². The first kappa shape index (κ1) is 15.1. The number of benzene rings is 2. The topological polar surface area (TPSA) is 29.3 Å². The van der Waals surface area contributed by atoms with Gasteiger partial charge in [0.2, 0.25) is 0 Å². The van der Waals surface area contributed by atoms with Crippen LogP contribution in [0.1, 0.15) is 24.5 Å². The molecule has 0 aliphatic rings. The zero-order valence-corrected chi connectivity index (χ0v) is 13.4. The summed E-state index contributed by atoms with van der Waals surface area (Å²) in [6.45, 7) is 5.12. The van der Waals surface area contributed by atoms with Gasteiger partial charge in [0.05, 0.1) is 0 Å². The molecule has 0 radical (unpaired) electrons. The molecule has 2 rings (SSSR count). The van der Waals surface area contributed by atoms with Crippen LogP contribution < -0.4 is 5.73 Å². The van der Waals surface area contributed by atoms with E-state index in [-0.39, 0.29) is 0 Å². The largest absolute Gasteiger partial charge is 0.398 e. The Balaban J connectivity index is 2.09. The summed E-state index contributed by atoms with van der Waals surface area (Å²) in [6.07, 6.45) is 1.14. The van der Waals surface area contributed by atoms with Crippen LogP contribution in [0.5, 0.6) is 0 Å². The third-order valence-electron chi connectivity index (χ3n) is 3.28. The Morgan fingerprint density at radius 2 is 1.85 bits per heavy atom. The Labute approximate surface area is 129 Å². The Kier molecular flexibility index (Phi) is 5.62. The summed E-state index contributed by atoms with van der Waals surface area (Å²) >= 11 is 3.53. The van der Waals surface area contributed by atoms with Crippen LogP contribution in [-0.4, -0.2) is 11.4 Å². The molecule has 106 valence electrons. The zero-order valence-electron chi connectivity index (χ0n) is 11.8. The maximum absolute atomic E-state index is 6.05. The lowest BCUT2D eigenvalue weighted by Crippen LogP contribution is -2.24. The normalized spacial score (nSPS) is 10.9. The molecule has 2 nitrogen and oxygen atoms in total. The quantitative estimate of drug-likeness (QED) is 0.792. The van der Waals surface area contributed by atoms with Crippen molar-refractivity contribution in [2.75, 3.05) is 12.3 Å². The zero-order chi connectivity index (χ0) is 14.4. The number of rotatable bonds is 6.